The van der Waals surface area contributed by atoms with Crippen LogP contribution in [0.25, 0.3) is 0 Å². The van der Waals surface area contributed by atoms with Crippen LogP contribution in [0.5, 0.6) is 0 Å². The van der Waals surface area contributed by atoms with Crippen molar-refractivity contribution < 1.29 is 0 Å². The van der Waals surface area contributed by atoms with Gasteiger partial charge in [-0.05, 0) is 0 Å². The van der Waals surface area contributed by atoms with Crippen molar-refractivity contribution in [2.45, 2.75) is 0 Å². The first-order chi connectivity index (χ1) is 1.91. The molecule has 0 fully saturated rings. The molecule has 2 unspecified atom stereocenters. The van der Waals surface area contributed by atoms with E-state index in [0.717, 1.165) is 0 Å². The zero-order chi connectivity index (χ0) is 3.41. The van der Waals surface area contributed by atoms with E-state index in [9.17, 15) is 0 Å². The molecule has 0 aromatic heterocycles. The van der Waals surface area contributed by atoms with Crippen molar-refractivity contribution in [3.8, 4) is 0 Å². The Morgan fingerprint density at radius 2 is 1.25 bits per heavy atom. The van der Waals surface area contributed by atoms with Gasteiger partial charge in [0.2, 0.25) is 0 Å². The molecule has 26 valence electrons. The first-order valence-corrected chi connectivity index (χ1v) is 1.98. The monoisotopic (exact) mass is 96.0 g/mol. The van der Waals surface area contributed by atoms with Crippen LogP contribution in [0.3, 0.4) is 0 Å². The molecule has 0 heterocycles. The SMILES string of the molecule is PNNP. The van der Waals surface area contributed by atoms with Crippen LogP contribution in [0.4, 0.5) is 0 Å². The van der Waals surface area contributed by atoms with Crippen LogP contribution in [-0.2, 0) is 0 Å². The summed E-state index contributed by atoms with van der Waals surface area (Å²) in [6, 6.07) is 0. The Morgan fingerprint density at radius 3 is 1.25 bits per heavy atom. The van der Waals surface area contributed by atoms with Crippen molar-refractivity contribution in [1.82, 2.24) is 10.4 Å². The topological polar surface area (TPSA) is 24.1 Å². The molecule has 0 rings (SSSR count). The van der Waals surface area contributed by atoms with Gasteiger partial charge < -0.3 is 0 Å². The molecule has 0 spiro atoms. The maximum atomic E-state index is 2.56. The van der Waals surface area contributed by atoms with Gasteiger partial charge in [-0.2, -0.15) is 0 Å². The summed E-state index contributed by atoms with van der Waals surface area (Å²) in [5.41, 5.74) is 0. The van der Waals surface area contributed by atoms with Gasteiger partial charge in [0.1, 0.15) is 0 Å². The Labute approximate surface area is 30.2 Å². The molecular weight excluding hydrogens is 90.0 g/mol. The van der Waals surface area contributed by atoms with E-state index in [-0.39, 0.29) is 0 Å². The molecule has 4 heteroatoms. The Balaban J connectivity index is 1.97. The fourth-order valence-electron chi connectivity index (χ4n) is 0. The van der Waals surface area contributed by atoms with E-state index >= 15 is 0 Å². The third-order valence-corrected chi connectivity index (χ3v) is 0.750. The van der Waals surface area contributed by atoms with Gasteiger partial charge in [-0.1, -0.05) is 18.8 Å². The molecule has 0 saturated carbocycles. The van der Waals surface area contributed by atoms with E-state index in [1.54, 1.807) is 0 Å². The highest BCUT2D eigenvalue weighted by Crippen LogP contribution is 1.62. The minimum Gasteiger partial charge on any atom is -0.239 e. The highest BCUT2D eigenvalue weighted by Gasteiger charge is 1.44. The van der Waals surface area contributed by atoms with Crippen LogP contribution in [-0.4, -0.2) is 0 Å². The lowest BCUT2D eigenvalue weighted by molar-refractivity contribution is 1.00. The van der Waals surface area contributed by atoms with Gasteiger partial charge in [-0.3, -0.25) is 0 Å². The Bertz CT molecular complexity index is 6.00. The van der Waals surface area contributed by atoms with Crippen LogP contribution in [0.15, 0.2) is 0 Å². The lowest BCUT2D eigenvalue weighted by Crippen LogP contribution is -2.05. The van der Waals surface area contributed by atoms with Gasteiger partial charge in [0.05, 0.1) is 0 Å². The van der Waals surface area contributed by atoms with E-state index in [2.05, 4.69) is 29.2 Å². The minimum absolute atomic E-state index is 2.27. The Kier molecular flexibility index (Phi) is 4.52. The van der Waals surface area contributed by atoms with Crippen molar-refractivity contribution in [2.24, 2.45) is 0 Å². The normalized spacial score (nSPS) is 7.50. The van der Waals surface area contributed by atoms with Gasteiger partial charge in [0.25, 0.3) is 0 Å². The van der Waals surface area contributed by atoms with Crippen LogP contribution in [0.2, 0.25) is 0 Å². The summed E-state index contributed by atoms with van der Waals surface area (Å²) in [7, 11) is 4.55. The van der Waals surface area contributed by atoms with Crippen LogP contribution in [0.1, 0.15) is 0 Å². The molecule has 0 aliphatic carbocycles. The molecule has 0 aromatic carbocycles. The quantitative estimate of drug-likeness (QED) is 0.344. The number of hydrazine groups is 1. The van der Waals surface area contributed by atoms with E-state index in [1.165, 1.54) is 0 Å². The summed E-state index contributed by atoms with van der Waals surface area (Å²) in [5.74, 6) is 0. The molecule has 0 amide bonds. The average Bonchev–Trinajstić information content (AvgIpc) is 1.37. The highest BCUT2D eigenvalue weighted by molar-refractivity contribution is 7.17. The van der Waals surface area contributed by atoms with E-state index in [0.29, 0.717) is 0 Å². The first kappa shape index (κ1) is 4.78. The predicted molar refractivity (Wildman–Crippen MR) is 25.7 cm³/mol. The summed E-state index contributed by atoms with van der Waals surface area (Å²) in [5, 5.41) is 5.12. The zero-order valence-electron chi connectivity index (χ0n) is 2.15. The van der Waals surface area contributed by atoms with Crippen LogP contribution in [0, 0.1) is 0 Å². The second-order valence-electron chi connectivity index (χ2n) is 0.289. The fourth-order valence-corrected chi connectivity index (χ4v) is 0. The minimum atomic E-state index is 2.27. The van der Waals surface area contributed by atoms with Crippen molar-refractivity contribution in [2.75, 3.05) is 0 Å². The predicted octanol–water partition coefficient (Wildman–Crippen LogP) is -0.339. The zero-order valence-corrected chi connectivity index (χ0v) is 4.46. The number of hydrogen-bond acceptors (Lipinski definition) is 2. The smallest absolute Gasteiger partial charge is 0.0519 e. The molecule has 0 bridgehead atoms. The third kappa shape index (κ3) is 2.78. The van der Waals surface area contributed by atoms with E-state index < -0.39 is 0 Å². The van der Waals surface area contributed by atoms with Gasteiger partial charge in [-0.25, -0.2) is 10.4 Å². The molecule has 0 aliphatic rings. The average molecular weight is 96.0 g/mol. The molecule has 0 saturated heterocycles. The summed E-state index contributed by atoms with van der Waals surface area (Å²) >= 11 is 0. The maximum Gasteiger partial charge on any atom is -0.0519 e. The number of hydrogen-bond donors (Lipinski definition) is 2. The number of rotatable bonds is 1. The molecule has 2 nitrogen and oxygen atoms in total. The summed E-state index contributed by atoms with van der Waals surface area (Å²) in [6.07, 6.45) is 0. The van der Waals surface area contributed by atoms with Crippen molar-refractivity contribution in [3.05, 3.63) is 0 Å². The van der Waals surface area contributed by atoms with Crippen molar-refractivity contribution >= 4 is 18.8 Å². The largest absolute Gasteiger partial charge is 0.239 e. The molecule has 2 atom stereocenters. The molecular formula is H6N2P2. The molecule has 0 aliphatic heterocycles. The second kappa shape index (κ2) is 3.78. The standard InChI is InChI=1S/H6N2P2/c3-1-2-4/h1-2H,3-4H2. The van der Waals surface area contributed by atoms with Crippen molar-refractivity contribution in [1.29, 1.82) is 0 Å². The summed E-state index contributed by atoms with van der Waals surface area (Å²) in [6.45, 7) is 0. The van der Waals surface area contributed by atoms with Crippen molar-refractivity contribution in [3.63, 3.8) is 0 Å². The molecule has 0 aromatic rings. The Hall–Kier alpha value is 0.780. The highest BCUT2D eigenvalue weighted by atomic mass is 31.0. The summed E-state index contributed by atoms with van der Waals surface area (Å²) < 4.78 is 0. The van der Waals surface area contributed by atoms with Crippen LogP contribution < -0.4 is 10.4 Å². The molecule has 0 radical (unpaired) electrons. The molecule has 2 N–H and O–H groups in total. The van der Waals surface area contributed by atoms with Crippen LogP contribution >= 0.6 is 18.8 Å². The van der Waals surface area contributed by atoms with E-state index in [1.807, 2.05) is 0 Å². The number of nitrogens with one attached hydrogen (secondary N) is 2. The van der Waals surface area contributed by atoms with Gasteiger partial charge in [0.15, 0.2) is 0 Å². The lowest BCUT2D eigenvalue weighted by atomic mass is 13.0. The lowest BCUT2D eigenvalue weighted by Gasteiger charge is -1.81. The fraction of sp³-hybridized carbons (Fsp3) is 0. The van der Waals surface area contributed by atoms with Gasteiger partial charge in [-0.15, -0.1) is 0 Å². The van der Waals surface area contributed by atoms with Gasteiger partial charge in [0, 0.05) is 0 Å². The third-order valence-electron chi connectivity index (χ3n) is 0.0833. The van der Waals surface area contributed by atoms with Gasteiger partial charge >= 0.3 is 0 Å². The second-order valence-corrected chi connectivity index (χ2v) is 0.866. The van der Waals surface area contributed by atoms with E-state index in [4.69, 9.17) is 0 Å². The first-order valence-electron chi connectivity index (χ1n) is 0.827. The summed E-state index contributed by atoms with van der Waals surface area (Å²) in [4.78, 5) is 0. The molecule has 4 heavy (non-hydrogen) atoms. The Morgan fingerprint density at radius 1 is 1.00 bits per heavy atom. The maximum absolute atomic E-state index is 2.56.